The van der Waals surface area contributed by atoms with Crippen LogP contribution in [0.5, 0.6) is 0 Å². The van der Waals surface area contributed by atoms with Gasteiger partial charge in [-0.25, -0.2) is 4.98 Å². The van der Waals surface area contributed by atoms with Crippen molar-refractivity contribution in [2.75, 3.05) is 5.73 Å². The van der Waals surface area contributed by atoms with E-state index in [1.165, 1.54) is 10.9 Å². The molecule has 0 aliphatic heterocycles. The summed E-state index contributed by atoms with van der Waals surface area (Å²) < 4.78 is 1.43. The first-order valence-electron chi connectivity index (χ1n) is 3.89. The number of aromatic nitrogens is 2. The molecule has 1 heterocycles. The maximum Gasteiger partial charge on any atom is 0.260 e. The van der Waals surface area contributed by atoms with Crippen LogP contribution in [0.25, 0.3) is 10.9 Å². The van der Waals surface area contributed by atoms with Gasteiger partial charge in [0.05, 0.1) is 17.2 Å². The number of nitrogens with two attached hydrogens (primary N) is 1. The summed E-state index contributed by atoms with van der Waals surface area (Å²) in [5.74, 6) is 0. The van der Waals surface area contributed by atoms with Gasteiger partial charge in [0.25, 0.3) is 5.56 Å². The van der Waals surface area contributed by atoms with Crippen molar-refractivity contribution in [1.82, 2.24) is 9.55 Å². The highest BCUT2D eigenvalue weighted by Gasteiger charge is 2.00. The molecule has 0 bridgehead atoms. The third kappa shape index (κ3) is 1.16. The Morgan fingerprint density at radius 2 is 2.23 bits per heavy atom. The minimum absolute atomic E-state index is 0.0719. The van der Waals surface area contributed by atoms with Gasteiger partial charge in [0.15, 0.2) is 0 Å². The van der Waals surface area contributed by atoms with Gasteiger partial charge in [0, 0.05) is 12.7 Å². The fourth-order valence-electron chi connectivity index (χ4n) is 1.23. The maximum absolute atomic E-state index is 11.5. The molecule has 0 saturated heterocycles. The lowest BCUT2D eigenvalue weighted by Gasteiger charge is -2.00. The van der Waals surface area contributed by atoms with Gasteiger partial charge in [0.1, 0.15) is 0 Å². The Kier molecular flexibility index (Phi) is 1.55. The van der Waals surface area contributed by atoms with E-state index in [2.05, 4.69) is 4.98 Å². The Morgan fingerprint density at radius 3 is 3.00 bits per heavy atom. The van der Waals surface area contributed by atoms with Gasteiger partial charge >= 0.3 is 0 Å². The monoisotopic (exact) mass is 175 g/mol. The van der Waals surface area contributed by atoms with Crippen LogP contribution in [-0.2, 0) is 7.05 Å². The second kappa shape index (κ2) is 2.58. The van der Waals surface area contributed by atoms with Crippen LogP contribution in [0.3, 0.4) is 0 Å². The Bertz CT molecular complexity index is 510. The van der Waals surface area contributed by atoms with Crippen molar-refractivity contribution < 1.29 is 0 Å². The lowest BCUT2D eigenvalue weighted by atomic mass is 10.2. The number of nitrogen functional groups attached to an aromatic ring is 1. The molecule has 1 aromatic carbocycles. The molecule has 0 amide bonds. The first-order chi connectivity index (χ1) is 6.18. The Balaban J connectivity index is 2.97. The molecule has 0 atom stereocenters. The van der Waals surface area contributed by atoms with Crippen LogP contribution < -0.4 is 11.3 Å². The summed E-state index contributed by atoms with van der Waals surface area (Å²) in [7, 11) is 1.66. The molecule has 66 valence electrons. The molecule has 0 radical (unpaired) electrons. The number of fused-ring (bicyclic) bond motifs is 1. The standard InChI is InChI=1S/C9H9N3O/c1-12-5-11-8-3-2-6(10)4-7(8)9(12)13/h2-5H,10H2,1H3. The van der Waals surface area contributed by atoms with Gasteiger partial charge in [-0.15, -0.1) is 0 Å². The van der Waals surface area contributed by atoms with Gasteiger partial charge in [-0.1, -0.05) is 0 Å². The van der Waals surface area contributed by atoms with Crippen molar-refractivity contribution in [1.29, 1.82) is 0 Å². The molecule has 0 aliphatic rings. The predicted molar refractivity (Wildman–Crippen MR) is 51.4 cm³/mol. The second-order valence-corrected chi connectivity index (χ2v) is 2.94. The zero-order chi connectivity index (χ0) is 9.42. The summed E-state index contributed by atoms with van der Waals surface area (Å²) in [5.41, 5.74) is 6.75. The SMILES string of the molecule is Cn1cnc2ccc(N)cc2c1=O. The summed E-state index contributed by atoms with van der Waals surface area (Å²) >= 11 is 0. The highest BCUT2D eigenvalue weighted by atomic mass is 16.1. The van der Waals surface area contributed by atoms with Crippen molar-refractivity contribution in [2.45, 2.75) is 0 Å². The summed E-state index contributed by atoms with van der Waals surface area (Å²) in [4.78, 5) is 15.6. The molecule has 4 nitrogen and oxygen atoms in total. The van der Waals surface area contributed by atoms with Crippen molar-refractivity contribution in [3.05, 3.63) is 34.9 Å². The summed E-state index contributed by atoms with van der Waals surface area (Å²) in [6, 6.07) is 5.12. The number of aryl methyl sites for hydroxylation is 1. The molecule has 0 unspecified atom stereocenters. The Morgan fingerprint density at radius 1 is 1.46 bits per heavy atom. The van der Waals surface area contributed by atoms with E-state index in [4.69, 9.17) is 5.73 Å². The van der Waals surface area contributed by atoms with Gasteiger partial charge in [-0.3, -0.25) is 4.79 Å². The van der Waals surface area contributed by atoms with Gasteiger partial charge in [-0.05, 0) is 18.2 Å². The normalized spacial score (nSPS) is 10.5. The van der Waals surface area contributed by atoms with E-state index < -0.39 is 0 Å². The van der Waals surface area contributed by atoms with Crippen LogP contribution in [-0.4, -0.2) is 9.55 Å². The van der Waals surface area contributed by atoms with E-state index in [0.717, 1.165) is 0 Å². The van der Waals surface area contributed by atoms with Crippen molar-refractivity contribution in [3.63, 3.8) is 0 Å². The van der Waals surface area contributed by atoms with Crippen LogP contribution in [0.1, 0.15) is 0 Å². The fourth-order valence-corrected chi connectivity index (χ4v) is 1.23. The Hall–Kier alpha value is -1.84. The predicted octanol–water partition coefficient (Wildman–Crippen LogP) is 0.516. The highest BCUT2D eigenvalue weighted by Crippen LogP contribution is 2.10. The third-order valence-corrected chi connectivity index (χ3v) is 1.94. The molecule has 4 heteroatoms. The molecule has 2 N–H and O–H groups in total. The molecule has 13 heavy (non-hydrogen) atoms. The smallest absolute Gasteiger partial charge is 0.260 e. The van der Waals surface area contributed by atoms with E-state index in [1.54, 1.807) is 25.2 Å². The van der Waals surface area contributed by atoms with E-state index >= 15 is 0 Å². The lowest BCUT2D eigenvalue weighted by molar-refractivity contribution is 0.843. The van der Waals surface area contributed by atoms with E-state index in [1.807, 2.05) is 0 Å². The van der Waals surface area contributed by atoms with Crippen molar-refractivity contribution in [2.24, 2.45) is 7.05 Å². The number of anilines is 1. The van der Waals surface area contributed by atoms with Crippen LogP contribution in [0.2, 0.25) is 0 Å². The average molecular weight is 175 g/mol. The van der Waals surface area contributed by atoms with Crippen LogP contribution in [0, 0.1) is 0 Å². The topological polar surface area (TPSA) is 60.9 Å². The highest BCUT2D eigenvalue weighted by molar-refractivity contribution is 5.80. The number of benzene rings is 1. The van der Waals surface area contributed by atoms with Crippen LogP contribution in [0.15, 0.2) is 29.3 Å². The molecule has 2 aromatic rings. The van der Waals surface area contributed by atoms with Crippen molar-refractivity contribution in [3.8, 4) is 0 Å². The summed E-state index contributed by atoms with van der Waals surface area (Å²) in [6.45, 7) is 0. The zero-order valence-corrected chi connectivity index (χ0v) is 7.19. The number of hydrogen-bond acceptors (Lipinski definition) is 3. The maximum atomic E-state index is 11.5. The third-order valence-electron chi connectivity index (χ3n) is 1.94. The van der Waals surface area contributed by atoms with Crippen molar-refractivity contribution >= 4 is 16.6 Å². The molecule has 0 aliphatic carbocycles. The first-order valence-corrected chi connectivity index (χ1v) is 3.89. The zero-order valence-electron chi connectivity index (χ0n) is 7.19. The molecular formula is C9H9N3O. The number of rotatable bonds is 0. The average Bonchev–Trinajstić information content (AvgIpc) is 2.12. The number of hydrogen-bond donors (Lipinski definition) is 1. The Labute approximate surface area is 74.6 Å². The number of nitrogens with zero attached hydrogens (tertiary/aromatic N) is 2. The van der Waals surface area contributed by atoms with Gasteiger partial charge in [0.2, 0.25) is 0 Å². The molecule has 0 spiro atoms. The van der Waals surface area contributed by atoms with Crippen LogP contribution >= 0.6 is 0 Å². The van der Waals surface area contributed by atoms with E-state index in [9.17, 15) is 4.79 Å². The molecule has 0 saturated carbocycles. The lowest BCUT2D eigenvalue weighted by Crippen LogP contribution is -2.16. The first kappa shape index (κ1) is 7.79. The van der Waals surface area contributed by atoms with E-state index in [-0.39, 0.29) is 5.56 Å². The largest absolute Gasteiger partial charge is 0.399 e. The fraction of sp³-hybridized carbons (Fsp3) is 0.111. The molecule has 2 rings (SSSR count). The minimum Gasteiger partial charge on any atom is -0.399 e. The second-order valence-electron chi connectivity index (χ2n) is 2.94. The van der Waals surface area contributed by atoms with Crippen LogP contribution in [0.4, 0.5) is 5.69 Å². The molecule has 1 aromatic heterocycles. The molecule has 0 fully saturated rings. The summed E-state index contributed by atoms with van der Waals surface area (Å²) in [6.07, 6.45) is 1.50. The summed E-state index contributed by atoms with van der Waals surface area (Å²) in [5, 5.41) is 0.560. The minimum atomic E-state index is -0.0719. The molecular weight excluding hydrogens is 166 g/mol. The quantitative estimate of drug-likeness (QED) is 0.593. The van der Waals surface area contributed by atoms with Gasteiger partial charge < -0.3 is 10.3 Å². The van der Waals surface area contributed by atoms with Gasteiger partial charge in [-0.2, -0.15) is 0 Å². The van der Waals surface area contributed by atoms with E-state index in [0.29, 0.717) is 16.6 Å².